The maximum Gasteiger partial charge on any atom is 0.248 e. The third kappa shape index (κ3) is 8.55. The molecule has 0 spiro atoms. The highest BCUT2D eigenvalue weighted by atomic mass is 16.2. The largest absolute Gasteiger partial charge is 0.397 e. The molecule has 6 nitrogen and oxygen atoms in total. The molecule has 1 saturated heterocycles. The number of nitrogen functional groups attached to an aromatic ring is 1. The van der Waals surface area contributed by atoms with E-state index in [0.717, 1.165) is 36.0 Å². The van der Waals surface area contributed by atoms with Crippen LogP contribution in [0.3, 0.4) is 0 Å². The van der Waals surface area contributed by atoms with Crippen molar-refractivity contribution in [3.8, 4) is 0 Å². The van der Waals surface area contributed by atoms with Gasteiger partial charge in [0.1, 0.15) is 0 Å². The van der Waals surface area contributed by atoms with E-state index in [2.05, 4.69) is 22.6 Å². The number of carbonyl (C=O) groups excluding carboxylic acids is 2. The molecule has 39 heavy (non-hydrogen) atoms. The van der Waals surface area contributed by atoms with Crippen molar-refractivity contribution in [1.29, 1.82) is 0 Å². The van der Waals surface area contributed by atoms with E-state index < -0.39 is 0 Å². The summed E-state index contributed by atoms with van der Waals surface area (Å²) in [7, 11) is 2.22. The molecule has 4 N–H and O–H groups in total. The minimum atomic E-state index is -0.247. The Hall–Kier alpha value is -3.90. The molecule has 0 aliphatic carbocycles. The Morgan fingerprint density at radius 2 is 1.74 bits per heavy atom. The second-order valence-electron chi connectivity index (χ2n) is 10.4. The van der Waals surface area contributed by atoms with E-state index in [9.17, 15) is 9.59 Å². The van der Waals surface area contributed by atoms with Gasteiger partial charge < -0.3 is 21.3 Å². The molecule has 0 aromatic heterocycles. The number of likely N-dealkylation sites (tertiary alicyclic amines) is 1. The number of rotatable bonds is 12. The fourth-order valence-corrected chi connectivity index (χ4v) is 5.23. The van der Waals surface area contributed by atoms with Crippen LogP contribution in [-0.4, -0.2) is 36.3 Å². The predicted molar refractivity (Wildman–Crippen MR) is 160 cm³/mol. The molecule has 0 saturated carbocycles. The first kappa shape index (κ1) is 28.1. The van der Waals surface area contributed by atoms with Gasteiger partial charge in [0.15, 0.2) is 0 Å². The SMILES string of the molecule is CN1CCCC1CCCCC(C(=O)NCc1ccccc1)c1ccc(/C=C/C(=O)Nc2ccccc2N)cc1. The van der Waals surface area contributed by atoms with E-state index >= 15 is 0 Å². The molecule has 1 heterocycles. The molecule has 2 unspecified atom stereocenters. The highest BCUT2D eigenvalue weighted by Gasteiger charge is 2.22. The van der Waals surface area contributed by atoms with E-state index in [4.69, 9.17) is 5.73 Å². The van der Waals surface area contributed by atoms with Gasteiger partial charge in [0.25, 0.3) is 0 Å². The van der Waals surface area contributed by atoms with Gasteiger partial charge in [0.2, 0.25) is 11.8 Å². The maximum absolute atomic E-state index is 13.3. The summed E-state index contributed by atoms with van der Waals surface area (Å²) < 4.78 is 0. The van der Waals surface area contributed by atoms with Crippen LogP contribution in [-0.2, 0) is 16.1 Å². The van der Waals surface area contributed by atoms with Crippen molar-refractivity contribution < 1.29 is 9.59 Å². The van der Waals surface area contributed by atoms with Crippen LogP contribution >= 0.6 is 0 Å². The maximum atomic E-state index is 13.3. The Morgan fingerprint density at radius 3 is 2.46 bits per heavy atom. The number of amides is 2. The normalized spacial score (nSPS) is 16.3. The average molecular weight is 525 g/mol. The zero-order valence-corrected chi connectivity index (χ0v) is 22.8. The first-order valence-electron chi connectivity index (χ1n) is 13.9. The molecule has 1 aliphatic heterocycles. The standard InChI is InChI=1S/C33H40N4O2/c1-37-23-9-13-28(37)12-5-6-14-29(33(39)35-24-26-10-3-2-4-11-26)27-20-17-25(18-21-27)19-22-32(38)36-31-16-8-7-15-30(31)34/h2-4,7-8,10-11,15-22,28-29H,5-6,9,12-14,23-24,34H2,1H3,(H,35,39)(H,36,38)/b22-19+. The van der Waals surface area contributed by atoms with Crippen molar-refractivity contribution in [3.63, 3.8) is 0 Å². The molecule has 3 aromatic rings. The summed E-state index contributed by atoms with van der Waals surface area (Å²) in [6.07, 6.45) is 9.96. The monoisotopic (exact) mass is 524 g/mol. The van der Waals surface area contributed by atoms with Crippen molar-refractivity contribution in [2.24, 2.45) is 0 Å². The number of hydrogen-bond acceptors (Lipinski definition) is 4. The second kappa shape index (κ2) is 14.3. The van der Waals surface area contributed by atoms with Crippen molar-refractivity contribution in [1.82, 2.24) is 10.2 Å². The van der Waals surface area contributed by atoms with Crippen LogP contribution in [0.1, 0.15) is 61.1 Å². The molecule has 2 amide bonds. The van der Waals surface area contributed by atoms with Crippen LogP contribution in [0.25, 0.3) is 6.08 Å². The van der Waals surface area contributed by atoms with Gasteiger partial charge in [0.05, 0.1) is 17.3 Å². The highest BCUT2D eigenvalue weighted by Crippen LogP contribution is 2.26. The van der Waals surface area contributed by atoms with Gasteiger partial charge in [-0.1, -0.05) is 79.6 Å². The van der Waals surface area contributed by atoms with Crippen LogP contribution in [0, 0.1) is 0 Å². The van der Waals surface area contributed by atoms with Crippen LogP contribution in [0.15, 0.2) is 84.9 Å². The van der Waals surface area contributed by atoms with Crippen molar-refractivity contribution in [2.45, 2.75) is 57.0 Å². The number of carbonyl (C=O) groups is 2. The van der Waals surface area contributed by atoms with E-state index in [0.29, 0.717) is 24.0 Å². The first-order chi connectivity index (χ1) is 19.0. The Kier molecular flexibility index (Phi) is 10.3. The van der Waals surface area contributed by atoms with E-state index in [1.54, 1.807) is 18.2 Å². The summed E-state index contributed by atoms with van der Waals surface area (Å²) in [6, 6.07) is 25.8. The molecule has 4 rings (SSSR count). The fraction of sp³-hybridized carbons (Fsp3) is 0.333. The Bertz CT molecular complexity index is 1240. The molecular formula is C33H40N4O2. The lowest BCUT2D eigenvalue weighted by Gasteiger charge is -2.21. The summed E-state index contributed by atoms with van der Waals surface area (Å²) in [5, 5.41) is 5.94. The second-order valence-corrected chi connectivity index (χ2v) is 10.4. The minimum absolute atomic E-state index is 0.0555. The zero-order chi connectivity index (χ0) is 27.5. The quantitative estimate of drug-likeness (QED) is 0.155. The summed E-state index contributed by atoms with van der Waals surface area (Å²) >= 11 is 0. The number of para-hydroxylation sites is 2. The zero-order valence-electron chi connectivity index (χ0n) is 22.8. The van der Waals surface area contributed by atoms with Gasteiger partial charge in [-0.25, -0.2) is 0 Å². The molecule has 1 aliphatic rings. The highest BCUT2D eigenvalue weighted by molar-refractivity contribution is 6.03. The number of nitrogens with one attached hydrogen (secondary N) is 2. The Balaban J connectivity index is 1.37. The third-order valence-electron chi connectivity index (χ3n) is 7.56. The van der Waals surface area contributed by atoms with Gasteiger partial charge in [-0.15, -0.1) is 0 Å². The molecule has 204 valence electrons. The van der Waals surface area contributed by atoms with Gasteiger partial charge in [-0.2, -0.15) is 0 Å². The lowest BCUT2D eigenvalue weighted by molar-refractivity contribution is -0.123. The van der Waals surface area contributed by atoms with Crippen LogP contribution < -0.4 is 16.4 Å². The smallest absolute Gasteiger partial charge is 0.248 e. The Labute approximate surface area is 232 Å². The average Bonchev–Trinajstić information content (AvgIpc) is 3.37. The number of anilines is 2. The number of nitrogens with zero attached hydrogens (tertiary/aromatic N) is 1. The van der Waals surface area contributed by atoms with E-state index in [1.165, 1.54) is 31.9 Å². The molecular weight excluding hydrogens is 484 g/mol. The minimum Gasteiger partial charge on any atom is -0.397 e. The summed E-state index contributed by atoms with van der Waals surface area (Å²) in [4.78, 5) is 28.1. The molecule has 0 bridgehead atoms. The Morgan fingerprint density at radius 1 is 1.00 bits per heavy atom. The van der Waals surface area contributed by atoms with Gasteiger partial charge in [0, 0.05) is 18.7 Å². The van der Waals surface area contributed by atoms with E-state index in [1.807, 2.05) is 66.7 Å². The number of hydrogen-bond donors (Lipinski definition) is 3. The summed E-state index contributed by atoms with van der Waals surface area (Å²) in [5.74, 6) is -0.402. The van der Waals surface area contributed by atoms with Crippen LogP contribution in [0.5, 0.6) is 0 Å². The predicted octanol–water partition coefficient (Wildman–Crippen LogP) is 5.98. The number of unbranched alkanes of at least 4 members (excludes halogenated alkanes) is 1. The fourth-order valence-electron chi connectivity index (χ4n) is 5.23. The van der Waals surface area contributed by atoms with Gasteiger partial charge >= 0.3 is 0 Å². The molecule has 6 heteroatoms. The van der Waals surface area contributed by atoms with Crippen molar-refractivity contribution in [3.05, 3.63) is 102 Å². The first-order valence-corrected chi connectivity index (χ1v) is 13.9. The van der Waals surface area contributed by atoms with Gasteiger partial charge in [-0.05, 0) is 74.2 Å². The summed E-state index contributed by atoms with van der Waals surface area (Å²) in [5.41, 5.74) is 10.00. The molecule has 1 fully saturated rings. The molecule has 2 atom stereocenters. The third-order valence-corrected chi connectivity index (χ3v) is 7.56. The summed E-state index contributed by atoms with van der Waals surface area (Å²) in [6.45, 7) is 1.71. The lowest BCUT2D eigenvalue weighted by atomic mass is 9.91. The van der Waals surface area contributed by atoms with Crippen molar-refractivity contribution >= 4 is 29.3 Å². The van der Waals surface area contributed by atoms with E-state index in [-0.39, 0.29) is 17.7 Å². The molecule has 3 aromatic carbocycles. The lowest BCUT2D eigenvalue weighted by Crippen LogP contribution is -2.29. The molecule has 0 radical (unpaired) electrons. The van der Waals surface area contributed by atoms with Crippen LogP contribution in [0.4, 0.5) is 11.4 Å². The van der Waals surface area contributed by atoms with Gasteiger partial charge in [-0.3, -0.25) is 9.59 Å². The number of nitrogens with two attached hydrogens (primary N) is 1. The van der Waals surface area contributed by atoms with Crippen molar-refractivity contribution in [2.75, 3.05) is 24.6 Å². The van der Waals surface area contributed by atoms with Crippen LogP contribution in [0.2, 0.25) is 0 Å². The topological polar surface area (TPSA) is 87.5 Å². The number of benzene rings is 3.